The molecule has 2 aliphatic heterocycles. The minimum absolute atomic E-state index is 0.100. The Morgan fingerprint density at radius 1 is 1.00 bits per heavy atom. The summed E-state index contributed by atoms with van der Waals surface area (Å²) in [6, 6.07) is 6.10. The predicted molar refractivity (Wildman–Crippen MR) is 124 cm³/mol. The first-order valence-corrected chi connectivity index (χ1v) is 12.3. The highest BCUT2D eigenvalue weighted by Crippen LogP contribution is 2.34. The maximum absolute atomic E-state index is 13.0. The summed E-state index contributed by atoms with van der Waals surface area (Å²) in [6.07, 6.45) is 6.93. The van der Waals surface area contributed by atoms with Gasteiger partial charge in [-0.1, -0.05) is 12.8 Å². The molecule has 1 aliphatic carbocycles. The lowest BCUT2D eigenvalue weighted by Gasteiger charge is -2.25. The fourth-order valence-corrected chi connectivity index (χ4v) is 5.36. The molecule has 34 heavy (non-hydrogen) atoms. The van der Waals surface area contributed by atoms with Crippen LogP contribution in [0, 0.1) is 0 Å². The van der Waals surface area contributed by atoms with Crippen LogP contribution in [0.4, 0.5) is 0 Å². The second kappa shape index (κ2) is 9.34. The summed E-state index contributed by atoms with van der Waals surface area (Å²) in [5.41, 5.74) is 1.34. The van der Waals surface area contributed by atoms with Crippen LogP contribution in [-0.4, -0.2) is 62.6 Å². The average Bonchev–Trinajstić information content (AvgIpc) is 3.61. The number of benzene rings is 1. The molecule has 1 N–H and O–H groups in total. The van der Waals surface area contributed by atoms with E-state index < -0.39 is 0 Å². The van der Waals surface area contributed by atoms with Gasteiger partial charge < -0.3 is 19.2 Å². The maximum Gasteiger partial charge on any atom is 0.252 e. The van der Waals surface area contributed by atoms with E-state index in [2.05, 4.69) is 25.4 Å². The highest BCUT2D eigenvalue weighted by molar-refractivity contribution is 5.83. The number of aromatic nitrogens is 5. The van der Waals surface area contributed by atoms with Crippen LogP contribution in [0.1, 0.15) is 56.0 Å². The van der Waals surface area contributed by atoms with Gasteiger partial charge in [-0.15, -0.1) is 5.10 Å². The molecule has 1 saturated heterocycles. The van der Waals surface area contributed by atoms with Crippen LogP contribution in [-0.2, 0) is 17.8 Å². The van der Waals surface area contributed by atoms with Crippen molar-refractivity contribution in [1.82, 2.24) is 30.1 Å². The Balaban J connectivity index is 1.28. The summed E-state index contributed by atoms with van der Waals surface area (Å²) in [4.78, 5) is 18.3. The molecule has 6 rings (SSSR count). The lowest BCUT2D eigenvalue weighted by atomic mass is 10.1. The SMILES string of the molecule is O=c1[nH]c2cc3c(cc2cc1CN(Cc1nnnn1C1CCCC1)C[C@H]1CCCO1)OCCO3. The zero-order valence-corrected chi connectivity index (χ0v) is 19.2. The fraction of sp³-hybridized carbons (Fsp3) is 0.583. The van der Waals surface area contributed by atoms with Crippen LogP contribution in [0.2, 0.25) is 0 Å². The number of rotatable bonds is 7. The van der Waals surface area contributed by atoms with Crippen molar-refractivity contribution in [2.75, 3.05) is 26.4 Å². The standard InChI is InChI=1S/C24H30N6O4/c31-24-17(10-16-11-21-22(12-20(16)25-24)34-9-8-33-21)13-29(14-19-6-3-7-32-19)15-23-26-27-28-30(23)18-4-1-2-5-18/h10-12,18-19H,1-9,13-15H2,(H,25,31)/t19-/m1/s1. The molecular formula is C24H30N6O4. The van der Waals surface area contributed by atoms with E-state index in [1.54, 1.807) is 0 Å². The van der Waals surface area contributed by atoms with E-state index in [0.29, 0.717) is 49.4 Å². The number of hydrogen-bond donors (Lipinski definition) is 1. The first-order chi connectivity index (χ1) is 16.7. The molecular weight excluding hydrogens is 436 g/mol. The third-order valence-electron chi connectivity index (χ3n) is 7.06. The normalized spacial score (nSPS) is 20.6. The minimum Gasteiger partial charge on any atom is -0.486 e. The Morgan fingerprint density at radius 3 is 2.62 bits per heavy atom. The van der Waals surface area contributed by atoms with Crippen LogP contribution in [0.5, 0.6) is 11.5 Å². The first kappa shape index (κ1) is 21.5. The second-order valence-electron chi connectivity index (χ2n) is 9.49. The average molecular weight is 467 g/mol. The molecule has 1 saturated carbocycles. The largest absolute Gasteiger partial charge is 0.486 e. The smallest absolute Gasteiger partial charge is 0.252 e. The lowest BCUT2D eigenvalue weighted by Crippen LogP contribution is -2.34. The Kier molecular flexibility index (Phi) is 5.92. The Hall–Kier alpha value is -2.98. The van der Waals surface area contributed by atoms with Crippen molar-refractivity contribution in [2.24, 2.45) is 0 Å². The van der Waals surface area contributed by atoms with Gasteiger partial charge in [0, 0.05) is 36.7 Å². The monoisotopic (exact) mass is 466 g/mol. The summed E-state index contributed by atoms with van der Waals surface area (Å²) in [5.74, 6) is 2.23. The van der Waals surface area contributed by atoms with E-state index in [1.807, 2.05) is 22.9 Å². The summed E-state index contributed by atoms with van der Waals surface area (Å²) >= 11 is 0. The van der Waals surface area contributed by atoms with Gasteiger partial charge in [0.2, 0.25) is 0 Å². The number of tetrazole rings is 1. The third-order valence-corrected chi connectivity index (χ3v) is 7.06. The number of pyridine rings is 1. The quantitative estimate of drug-likeness (QED) is 0.566. The van der Waals surface area contributed by atoms with Gasteiger partial charge in [-0.25, -0.2) is 4.68 Å². The lowest BCUT2D eigenvalue weighted by molar-refractivity contribution is 0.0661. The topological polar surface area (TPSA) is 107 Å². The molecule has 0 radical (unpaired) electrons. The van der Waals surface area contributed by atoms with Crippen molar-refractivity contribution in [3.05, 3.63) is 39.9 Å². The summed E-state index contributed by atoms with van der Waals surface area (Å²) in [6.45, 7) is 3.62. The van der Waals surface area contributed by atoms with Crippen molar-refractivity contribution in [3.63, 3.8) is 0 Å². The molecule has 2 fully saturated rings. The van der Waals surface area contributed by atoms with Gasteiger partial charge in [-0.2, -0.15) is 0 Å². The van der Waals surface area contributed by atoms with Gasteiger partial charge in [0.05, 0.1) is 24.2 Å². The fourth-order valence-electron chi connectivity index (χ4n) is 5.36. The van der Waals surface area contributed by atoms with Crippen molar-refractivity contribution in [3.8, 4) is 11.5 Å². The van der Waals surface area contributed by atoms with Gasteiger partial charge in [0.25, 0.3) is 5.56 Å². The summed E-state index contributed by atoms with van der Waals surface area (Å²) in [7, 11) is 0. The number of ether oxygens (including phenoxy) is 3. The van der Waals surface area contributed by atoms with E-state index in [9.17, 15) is 4.79 Å². The maximum atomic E-state index is 13.0. The van der Waals surface area contributed by atoms with Gasteiger partial charge in [0.1, 0.15) is 13.2 Å². The number of H-pyrrole nitrogens is 1. The molecule has 1 aromatic carbocycles. The first-order valence-electron chi connectivity index (χ1n) is 12.3. The number of aromatic amines is 1. The molecule has 1 atom stereocenters. The number of fused-ring (bicyclic) bond motifs is 2. The van der Waals surface area contributed by atoms with Crippen molar-refractivity contribution >= 4 is 10.9 Å². The van der Waals surface area contributed by atoms with E-state index in [4.69, 9.17) is 14.2 Å². The van der Waals surface area contributed by atoms with Crippen LogP contribution >= 0.6 is 0 Å². The molecule has 10 nitrogen and oxygen atoms in total. The highest BCUT2D eigenvalue weighted by atomic mass is 16.6. The van der Waals surface area contributed by atoms with Gasteiger partial charge in [-0.05, 0) is 48.2 Å². The molecule has 0 amide bonds. The Bertz CT molecular complexity index is 1210. The van der Waals surface area contributed by atoms with E-state index in [1.165, 1.54) is 12.8 Å². The van der Waals surface area contributed by atoms with Gasteiger partial charge >= 0.3 is 0 Å². The molecule has 180 valence electrons. The Morgan fingerprint density at radius 2 is 1.82 bits per heavy atom. The predicted octanol–water partition coefficient (Wildman–Crippen LogP) is 2.58. The number of nitrogens with one attached hydrogen (secondary N) is 1. The molecule has 2 aromatic heterocycles. The van der Waals surface area contributed by atoms with E-state index in [0.717, 1.165) is 55.6 Å². The summed E-state index contributed by atoms with van der Waals surface area (Å²) in [5, 5.41) is 13.5. The molecule has 0 bridgehead atoms. The van der Waals surface area contributed by atoms with Crippen molar-refractivity contribution < 1.29 is 14.2 Å². The molecule has 4 heterocycles. The highest BCUT2D eigenvalue weighted by Gasteiger charge is 2.25. The van der Waals surface area contributed by atoms with Crippen molar-refractivity contribution in [1.29, 1.82) is 0 Å². The molecule has 3 aliphatic rings. The zero-order valence-electron chi connectivity index (χ0n) is 19.2. The van der Waals surface area contributed by atoms with Crippen LogP contribution in [0.15, 0.2) is 23.0 Å². The number of nitrogens with zero attached hydrogens (tertiary/aromatic N) is 5. The molecule has 0 unspecified atom stereocenters. The van der Waals surface area contributed by atoms with Crippen molar-refractivity contribution in [2.45, 2.75) is 63.8 Å². The summed E-state index contributed by atoms with van der Waals surface area (Å²) < 4.78 is 19.3. The minimum atomic E-state index is -0.100. The van der Waals surface area contributed by atoms with Gasteiger partial charge in [0.15, 0.2) is 17.3 Å². The van der Waals surface area contributed by atoms with E-state index in [-0.39, 0.29) is 11.7 Å². The van der Waals surface area contributed by atoms with Crippen LogP contribution < -0.4 is 15.0 Å². The van der Waals surface area contributed by atoms with E-state index >= 15 is 0 Å². The third kappa shape index (κ3) is 4.39. The Labute approximate surface area is 197 Å². The number of hydrogen-bond acceptors (Lipinski definition) is 8. The zero-order chi connectivity index (χ0) is 22.9. The van der Waals surface area contributed by atoms with Crippen LogP contribution in [0.3, 0.4) is 0 Å². The molecule has 10 heteroatoms. The second-order valence-corrected chi connectivity index (χ2v) is 9.49. The van der Waals surface area contributed by atoms with Gasteiger partial charge in [-0.3, -0.25) is 9.69 Å². The molecule has 0 spiro atoms. The van der Waals surface area contributed by atoms with Crippen LogP contribution in [0.25, 0.3) is 10.9 Å². The molecule has 3 aromatic rings.